The Kier molecular flexibility index (Phi) is 6.62. The predicted octanol–water partition coefficient (Wildman–Crippen LogP) is 5.66. The number of anilines is 3. The first kappa shape index (κ1) is 22.8. The molecule has 0 aromatic heterocycles. The number of carbonyl (C=O) groups is 3. The summed E-state index contributed by atoms with van der Waals surface area (Å²) in [5, 5.41) is 5.84. The minimum absolute atomic E-state index is 0.0307. The predicted molar refractivity (Wildman–Crippen MR) is 138 cm³/mol. The number of benzene rings is 3. The number of hydrogen-bond donors (Lipinski definition) is 2. The van der Waals surface area contributed by atoms with Crippen molar-refractivity contribution in [1.82, 2.24) is 0 Å². The Hall–Kier alpha value is -3.93. The highest BCUT2D eigenvalue weighted by Gasteiger charge is 2.25. The molecule has 3 aromatic carbocycles. The summed E-state index contributed by atoms with van der Waals surface area (Å²) in [6.45, 7) is 0.671. The summed E-state index contributed by atoms with van der Waals surface area (Å²) < 4.78 is 0. The zero-order chi connectivity index (χ0) is 24.2. The van der Waals surface area contributed by atoms with Crippen LogP contribution in [0.2, 0.25) is 0 Å². The molecule has 5 rings (SSSR count). The fraction of sp³-hybridized carbons (Fsp3) is 0.276. The molecular formula is C29H29N3O3. The Morgan fingerprint density at radius 1 is 0.743 bits per heavy atom. The zero-order valence-corrected chi connectivity index (χ0v) is 19.6. The first-order valence-corrected chi connectivity index (χ1v) is 12.3. The Bertz CT molecular complexity index is 1250. The van der Waals surface area contributed by atoms with E-state index in [2.05, 4.69) is 16.7 Å². The van der Waals surface area contributed by atoms with Gasteiger partial charge in [-0.25, -0.2) is 0 Å². The monoisotopic (exact) mass is 467 g/mol. The summed E-state index contributed by atoms with van der Waals surface area (Å²) in [4.78, 5) is 40.2. The van der Waals surface area contributed by atoms with Gasteiger partial charge in [-0.15, -0.1) is 0 Å². The number of carbonyl (C=O) groups excluding carboxylic acids is 3. The lowest BCUT2D eigenvalue weighted by Crippen LogP contribution is -2.28. The fourth-order valence-corrected chi connectivity index (χ4v) is 4.95. The first-order valence-electron chi connectivity index (χ1n) is 12.3. The zero-order valence-electron chi connectivity index (χ0n) is 19.6. The molecule has 178 valence electrons. The van der Waals surface area contributed by atoms with Crippen molar-refractivity contribution < 1.29 is 14.4 Å². The van der Waals surface area contributed by atoms with E-state index in [1.165, 1.54) is 12.0 Å². The van der Waals surface area contributed by atoms with Gasteiger partial charge in [0.05, 0.1) is 0 Å². The molecule has 1 aliphatic carbocycles. The summed E-state index contributed by atoms with van der Waals surface area (Å²) in [7, 11) is 0. The second-order valence-electron chi connectivity index (χ2n) is 9.27. The lowest BCUT2D eigenvalue weighted by Gasteiger charge is -2.20. The topological polar surface area (TPSA) is 78.5 Å². The van der Waals surface area contributed by atoms with Gasteiger partial charge in [-0.05, 0) is 73.4 Å². The van der Waals surface area contributed by atoms with Gasteiger partial charge in [-0.1, -0.05) is 43.5 Å². The lowest BCUT2D eigenvalue weighted by molar-refractivity contribution is -0.120. The van der Waals surface area contributed by atoms with Gasteiger partial charge in [0, 0.05) is 40.7 Å². The molecule has 0 radical (unpaired) electrons. The van der Waals surface area contributed by atoms with E-state index in [1.54, 1.807) is 53.4 Å². The van der Waals surface area contributed by atoms with Crippen LogP contribution in [0, 0.1) is 5.92 Å². The van der Waals surface area contributed by atoms with Crippen LogP contribution in [0.25, 0.3) is 0 Å². The molecule has 0 spiro atoms. The quantitative estimate of drug-likeness (QED) is 0.508. The maximum Gasteiger partial charge on any atom is 0.258 e. The third kappa shape index (κ3) is 5.11. The summed E-state index contributed by atoms with van der Waals surface area (Å²) in [5.74, 6) is -0.236. The molecule has 3 aromatic rings. The highest BCUT2D eigenvalue weighted by Crippen LogP contribution is 2.29. The van der Waals surface area contributed by atoms with Crippen LogP contribution >= 0.6 is 0 Å². The maximum absolute atomic E-state index is 13.0. The number of rotatable bonds is 5. The van der Waals surface area contributed by atoms with Crippen LogP contribution in [0.3, 0.4) is 0 Å². The Morgan fingerprint density at radius 3 is 2.31 bits per heavy atom. The minimum atomic E-state index is -0.272. The number of para-hydroxylation sites is 1. The third-order valence-electron chi connectivity index (χ3n) is 6.89. The molecule has 0 unspecified atom stereocenters. The van der Waals surface area contributed by atoms with E-state index in [0.717, 1.165) is 37.8 Å². The SMILES string of the molecule is O=C(Nc1ccc(C(=O)N2CCc3ccccc32)cc1)c1cccc(NC(=O)C2CCCCC2)c1. The molecule has 35 heavy (non-hydrogen) atoms. The van der Waals surface area contributed by atoms with Gasteiger partial charge in [0.2, 0.25) is 5.91 Å². The smallest absolute Gasteiger partial charge is 0.258 e. The van der Waals surface area contributed by atoms with Crippen LogP contribution in [-0.4, -0.2) is 24.3 Å². The average Bonchev–Trinajstić information content (AvgIpc) is 3.33. The third-order valence-corrected chi connectivity index (χ3v) is 6.89. The minimum Gasteiger partial charge on any atom is -0.326 e. The average molecular weight is 468 g/mol. The number of amides is 3. The highest BCUT2D eigenvalue weighted by molar-refractivity contribution is 6.08. The van der Waals surface area contributed by atoms with E-state index in [9.17, 15) is 14.4 Å². The van der Waals surface area contributed by atoms with E-state index >= 15 is 0 Å². The molecule has 1 fully saturated rings. The van der Waals surface area contributed by atoms with Crippen LogP contribution in [0.15, 0.2) is 72.8 Å². The first-order chi connectivity index (χ1) is 17.1. The summed E-state index contributed by atoms with van der Waals surface area (Å²) in [6.07, 6.45) is 6.09. The molecule has 1 heterocycles. The van der Waals surface area contributed by atoms with Gasteiger partial charge in [0.1, 0.15) is 0 Å². The standard InChI is InChI=1S/C29H29N3O3/c33-27(21-8-2-1-3-9-21)31-25-11-6-10-23(19-25)28(34)30-24-15-13-22(14-16-24)29(35)32-18-17-20-7-4-5-12-26(20)32/h4-7,10-16,19,21H,1-3,8-9,17-18H2,(H,30,34)(H,31,33). The van der Waals surface area contributed by atoms with Gasteiger partial charge >= 0.3 is 0 Å². The van der Waals surface area contributed by atoms with E-state index in [1.807, 2.05) is 18.2 Å². The molecule has 2 aliphatic rings. The van der Waals surface area contributed by atoms with Gasteiger partial charge < -0.3 is 15.5 Å². The van der Waals surface area contributed by atoms with E-state index in [-0.39, 0.29) is 23.6 Å². The van der Waals surface area contributed by atoms with Crippen molar-refractivity contribution >= 4 is 34.8 Å². The Labute approximate surface area is 205 Å². The van der Waals surface area contributed by atoms with E-state index in [4.69, 9.17) is 0 Å². The molecule has 2 N–H and O–H groups in total. The van der Waals surface area contributed by atoms with Crippen LogP contribution in [0.4, 0.5) is 17.1 Å². The largest absolute Gasteiger partial charge is 0.326 e. The fourth-order valence-electron chi connectivity index (χ4n) is 4.95. The number of hydrogen-bond acceptors (Lipinski definition) is 3. The summed E-state index contributed by atoms with van der Waals surface area (Å²) in [6, 6.07) is 21.9. The van der Waals surface area contributed by atoms with Crippen LogP contribution in [0.5, 0.6) is 0 Å². The van der Waals surface area contributed by atoms with Crippen molar-refractivity contribution in [2.45, 2.75) is 38.5 Å². The van der Waals surface area contributed by atoms with Gasteiger partial charge in [-0.2, -0.15) is 0 Å². The molecule has 0 saturated heterocycles. The number of nitrogens with zero attached hydrogens (tertiary/aromatic N) is 1. The number of nitrogens with one attached hydrogen (secondary N) is 2. The molecule has 0 bridgehead atoms. The summed E-state index contributed by atoms with van der Waals surface area (Å²) >= 11 is 0. The van der Waals surface area contributed by atoms with Crippen molar-refractivity contribution in [3.8, 4) is 0 Å². The van der Waals surface area contributed by atoms with Gasteiger partial charge in [-0.3, -0.25) is 14.4 Å². The van der Waals surface area contributed by atoms with Crippen molar-refractivity contribution in [3.63, 3.8) is 0 Å². The van der Waals surface area contributed by atoms with Crippen molar-refractivity contribution in [1.29, 1.82) is 0 Å². The van der Waals surface area contributed by atoms with Crippen molar-refractivity contribution in [2.75, 3.05) is 22.1 Å². The van der Waals surface area contributed by atoms with E-state index in [0.29, 0.717) is 29.0 Å². The highest BCUT2D eigenvalue weighted by atomic mass is 16.2. The molecule has 0 atom stereocenters. The van der Waals surface area contributed by atoms with Gasteiger partial charge in [0.25, 0.3) is 11.8 Å². The van der Waals surface area contributed by atoms with Crippen molar-refractivity contribution in [3.05, 3.63) is 89.5 Å². The lowest BCUT2D eigenvalue weighted by atomic mass is 9.88. The molecule has 1 saturated carbocycles. The molecule has 3 amide bonds. The molecule has 6 nitrogen and oxygen atoms in total. The second-order valence-corrected chi connectivity index (χ2v) is 9.27. The molecule has 6 heteroatoms. The van der Waals surface area contributed by atoms with Crippen molar-refractivity contribution in [2.24, 2.45) is 5.92 Å². The maximum atomic E-state index is 13.0. The van der Waals surface area contributed by atoms with Crippen LogP contribution in [0.1, 0.15) is 58.4 Å². The number of fused-ring (bicyclic) bond motifs is 1. The molecule has 1 aliphatic heterocycles. The molecular weight excluding hydrogens is 438 g/mol. The second kappa shape index (κ2) is 10.1. The van der Waals surface area contributed by atoms with Crippen LogP contribution in [-0.2, 0) is 11.2 Å². The van der Waals surface area contributed by atoms with E-state index < -0.39 is 0 Å². The summed E-state index contributed by atoms with van der Waals surface area (Å²) in [5.41, 5.74) is 4.41. The Balaban J connectivity index is 1.21. The Morgan fingerprint density at radius 2 is 1.51 bits per heavy atom. The van der Waals surface area contributed by atoms with Crippen LogP contribution < -0.4 is 15.5 Å². The normalized spacial score (nSPS) is 15.4. The van der Waals surface area contributed by atoms with Gasteiger partial charge in [0.15, 0.2) is 0 Å².